The Hall–Kier alpha value is -2.43. The highest BCUT2D eigenvalue weighted by Gasteiger charge is 2.70. The SMILES string of the molecule is C[C@]12CC[C@H](OC(=O)NCCN3CCNCC3=O)C[C@@]1(O)CC[C@@H]1[C@@H]2CC[C@]2(C)[C@@H](c3ccc(=O)oc3)CC[C@]12O. The van der Waals surface area contributed by atoms with Crippen LogP contribution in [0.15, 0.2) is 27.6 Å². The minimum atomic E-state index is -0.963. The van der Waals surface area contributed by atoms with Crippen molar-refractivity contribution in [2.45, 2.75) is 94.9 Å². The van der Waals surface area contributed by atoms with Crippen LogP contribution in [-0.2, 0) is 9.53 Å². The number of aliphatic hydroxyl groups is 2. The van der Waals surface area contributed by atoms with Crippen molar-refractivity contribution >= 4 is 12.0 Å². The largest absolute Gasteiger partial charge is 0.446 e. The third-order valence-corrected chi connectivity index (χ3v) is 12.2. The van der Waals surface area contributed by atoms with Crippen LogP contribution >= 0.6 is 0 Å². The summed E-state index contributed by atoms with van der Waals surface area (Å²) in [5.41, 5.74) is -1.89. The summed E-state index contributed by atoms with van der Waals surface area (Å²) in [5.74, 6) is 0.419. The van der Waals surface area contributed by atoms with Gasteiger partial charge in [0.1, 0.15) is 6.10 Å². The molecular weight excluding hydrogens is 526 g/mol. The van der Waals surface area contributed by atoms with Crippen molar-refractivity contribution in [3.8, 4) is 0 Å². The van der Waals surface area contributed by atoms with Gasteiger partial charge in [0, 0.05) is 44.1 Å². The van der Waals surface area contributed by atoms with Crippen molar-refractivity contribution in [3.05, 3.63) is 34.4 Å². The highest BCUT2D eigenvalue weighted by Crippen LogP contribution is 2.71. The molecular formula is C31H45N3O7. The van der Waals surface area contributed by atoms with Gasteiger partial charge in [-0.2, -0.15) is 0 Å². The first-order chi connectivity index (χ1) is 19.5. The number of amides is 2. The Labute approximate surface area is 241 Å². The summed E-state index contributed by atoms with van der Waals surface area (Å²) in [7, 11) is 0. The number of hydrogen-bond donors (Lipinski definition) is 4. The molecule has 41 heavy (non-hydrogen) atoms. The number of carbonyl (C=O) groups excluding carboxylic acids is 2. The van der Waals surface area contributed by atoms with Gasteiger partial charge in [0.25, 0.3) is 0 Å². The third-order valence-electron chi connectivity index (χ3n) is 12.2. The van der Waals surface area contributed by atoms with Crippen LogP contribution in [0.5, 0.6) is 0 Å². The molecule has 2 amide bonds. The maximum Gasteiger partial charge on any atom is 0.407 e. The van der Waals surface area contributed by atoms with Crippen molar-refractivity contribution in [2.24, 2.45) is 22.7 Å². The molecule has 1 saturated heterocycles. The second kappa shape index (κ2) is 10.4. The lowest BCUT2D eigenvalue weighted by Gasteiger charge is -2.66. The van der Waals surface area contributed by atoms with E-state index in [0.29, 0.717) is 51.9 Å². The maximum atomic E-state index is 12.6. The molecule has 5 aliphatic rings. The van der Waals surface area contributed by atoms with Crippen molar-refractivity contribution in [2.75, 3.05) is 32.7 Å². The van der Waals surface area contributed by atoms with Gasteiger partial charge < -0.3 is 34.9 Å². The smallest absolute Gasteiger partial charge is 0.407 e. The Morgan fingerprint density at radius 2 is 1.85 bits per heavy atom. The molecule has 5 fully saturated rings. The number of nitrogens with one attached hydrogen (secondary N) is 2. The molecule has 4 N–H and O–H groups in total. The second-order valence-corrected chi connectivity index (χ2v) is 13.8. The molecule has 0 bridgehead atoms. The van der Waals surface area contributed by atoms with Crippen molar-refractivity contribution in [1.29, 1.82) is 0 Å². The van der Waals surface area contributed by atoms with Crippen LogP contribution in [0.3, 0.4) is 0 Å². The van der Waals surface area contributed by atoms with E-state index in [2.05, 4.69) is 24.5 Å². The van der Waals surface area contributed by atoms with Gasteiger partial charge in [-0.1, -0.05) is 13.8 Å². The molecule has 6 rings (SSSR count). The van der Waals surface area contributed by atoms with Crippen LogP contribution in [-0.4, -0.2) is 77.1 Å². The lowest BCUT2D eigenvalue weighted by Crippen LogP contribution is -2.67. The second-order valence-electron chi connectivity index (χ2n) is 13.8. The van der Waals surface area contributed by atoms with Crippen LogP contribution in [0.1, 0.15) is 83.1 Å². The maximum absolute atomic E-state index is 12.6. The van der Waals surface area contributed by atoms with Gasteiger partial charge in [0.2, 0.25) is 5.91 Å². The Balaban J connectivity index is 1.10. The molecule has 10 heteroatoms. The van der Waals surface area contributed by atoms with E-state index in [1.807, 2.05) is 6.07 Å². The van der Waals surface area contributed by atoms with Crippen LogP contribution in [0.2, 0.25) is 0 Å². The molecule has 0 unspecified atom stereocenters. The van der Waals surface area contributed by atoms with E-state index in [-0.39, 0.29) is 46.2 Å². The van der Waals surface area contributed by atoms with Gasteiger partial charge in [-0.25, -0.2) is 9.59 Å². The highest BCUT2D eigenvalue weighted by molar-refractivity contribution is 5.79. The van der Waals surface area contributed by atoms with Gasteiger partial charge >= 0.3 is 11.7 Å². The molecule has 1 aromatic rings. The predicted octanol–water partition coefficient (Wildman–Crippen LogP) is 2.52. The van der Waals surface area contributed by atoms with Crippen molar-refractivity contribution in [3.63, 3.8) is 0 Å². The predicted molar refractivity (Wildman–Crippen MR) is 150 cm³/mol. The number of fused-ring (bicyclic) bond motifs is 5. The topological polar surface area (TPSA) is 141 Å². The molecule has 1 aromatic heterocycles. The normalized spacial score (nSPS) is 42.1. The van der Waals surface area contributed by atoms with Crippen LogP contribution in [0.25, 0.3) is 0 Å². The fraction of sp³-hybridized carbons (Fsp3) is 0.774. The minimum Gasteiger partial charge on any atom is -0.446 e. The van der Waals surface area contributed by atoms with Crippen LogP contribution < -0.4 is 16.3 Å². The number of alkyl carbamates (subject to hydrolysis) is 1. The first-order valence-corrected chi connectivity index (χ1v) is 15.5. The lowest BCUT2D eigenvalue weighted by atomic mass is 9.42. The Morgan fingerprint density at radius 3 is 2.61 bits per heavy atom. The first kappa shape index (κ1) is 28.7. The minimum absolute atomic E-state index is 0.0324. The summed E-state index contributed by atoms with van der Waals surface area (Å²) < 4.78 is 11.0. The number of carbonyl (C=O) groups is 2. The fourth-order valence-corrected chi connectivity index (χ4v) is 9.75. The zero-order valence-corrected chi connectivity index (χ0v) is 24.3. The summed E-state index contributed by atoms with van der Waals surface area (Å²) in [4.78, 5) is 37.8. The fourth-order valence-electron chi connectivity index (χ4n) is 9.75. The van der Waals surface area contributed by atoms with E-state index >= 15 is 0 Å². The van der Waals surface area contributed by atoms with Crippen LogP contribution in [0.4, 0.5) is 4.79 Å². The van der Waals surface area contributed by atoms with Gasteiger partial charge in [-0.15, -0.1) is 0 Å². The van der Waals surface area contributed by atoms with E-state index in [1.54, 1.807) is 11.2 Å². The van der Waals surface area contributed by atoms with Crippen LogP contribution in [0, 0.1) is 22.7 Å². The number of rotatable bonds is 5. The van der Waals surface area contributed by atoms with E-state index in [9.17, 15) is 24.6 Å². The standard InChI is InChI=1S/C31H45N3O7/c1-28-9-5-21(41-27(37)33-14-16-34-15-13-32-18-25(34)35)17-30(28,38)11-7-24-23(28)6-10-29(2)22(8-12-31(24,29)39)20-3-4-26(36)40-19-20/h3-4,19,21-24,32,38-39H,5-18H2,1-2H3,(H,33,37)/t21-,22+,23-,24+,28+,29+,30-,31-/m0/s1. The van der Waals surface area contributed by atoms with Gasteiger partial charge in [-0.05, 0) is 86.2 Å². The van der Waals surface area contributed by atoms with E-state index in [4.69, 9.17) is 9.15 Å². The molecule has 2 heterocycles. The number of ether oxygens (including phenoxy) is 1. The Bertz CT molecular complexity index is 1220. The average Bonchev–Trinajstić information content (AvgIpc) is 3.22. The molecule has 8 atom stereocenters. The molecule has 4 saturated carbocycles. The average molecular weight is 572 g/mol. The zero-order chi connectivity index (χ0) is 29.0. The monoisotopic (exact) mass is 571 g/mol. The lowest BCUT2D eigenvalue weighted by molar-refractivity contribution is -0.253. The van der Waals surface area contributed by atoms with E-state index in [0.717, 1.165) is 44.2 Å². The summed E-state index contributed by atoms with van der Waals surface area (Å²) in [6, 6.07) is 3.32. The Morgan fingerprint density at radius 1 is 1.07 bits per heavy atom. The third kappa shape index (κ3) is 4.61. The van der Waals surface area contributed by atoms with E-state index < -0.39 is 17.3 Å². The number of piperazine rings is 1. The molecule has 0 aromatic carbocycles. The summed E-state index contributed by atoms with van der Waals surface area (Å²) >= 11 is 0. The van der Waals surface area contributed by atoms with E-state index in [1.165, 1.54) is 6.07 Å². The molecule has 4 aliphatic carbocycles. The summed E-state index contributed by atoms with van der Waals surface area (Å²) in [6.45, 7) is 6.89. The van der Waals surface area contributed by atoms with Crippen molar-refractivity contribution < 1.29 is 29.0 Å². The quantitative estimate of drug-likeness (QED) is 0.423. The molecule has 10 nitrogen and oxygen atoms in total. The number of hydrogen-bond acceptors (Lipinski definition) is 8. The van der Waals surface area contributed by atoms with Gasteiger partial charge in [0.05, 0.1) is 24.0 Å². The summed E-state index contributed by atoms with van der Waals surface area (Å²) in [5, 5.41) is 30.3. The van der Waals surface area contributed by atoms with Gasteiger partial charge in [-0.3, -0.25) is 4.79 Å². The van der Waals surface area contributed by atoms with Gasteiger partial charge in [0.15, 0.2) is 0 Å². The Kier molecular flexibility index (Phi) is 7.26. The highest BCUT2D eigenvalue weighted by atomic mass is 16.6. The molecule has 1 aliphatic heterocycles. The first-order valence-electron chi connectivity index (χ1n) is 15.5. The zero-order valence-electron chi connectivity index (χ0n) is 24.3. The molecule has 0 radical (unpaired) electrons. The summed E-state index contributed by atoms with van der Waals surface area (Å²) in [6.07, 6.45) is 7.12. The molecule has 0 spiro atoms. The number of nitrogens with zero attached hydrogens (tertiary/aromatic N) is 1. The molecule has 226 valence electrons. The van der Waals surface area contributed by atoms with Crippen molar-refractivity contribution in [1.82, 2.24) is 15.5 Å².